The van der Waals surface area contributed by atoms with Crippen LogP contribution in [0.5, 0.6) is 0 Å². The molecular formula is C13H18FN2O15P3. The molecule has 7 N–H and O–H groups in total. The summed E-state index contributed by atoms with van der Waals surface area (Å²) in [4.78, 5) is 60.9. The minimum atomic E-state index is -5.85. The molecule has 0 spiro atoms. The number of aliphatic hydroxyl groups excluding tert-OH is 1. The number of rotatable bonds is 8. The molecule has 192 valence electrons. The standard InChI is InChI=1S/C13H18FN2O15P3/c1-3-4-13(20)9(17)8(28-11(13)16-5-7(14)10(18)15-12(16)19)6(2)29-33(24,25)31-34(26,27)30-32(21,22)23/h5-6,8-9,11,17,20H,1-2H3,(H,24,25)(H,26,27)(H,15,18,19)(H2,21,22,23)/t6-,8+,9-,11+,13?/m0/s1. The number of ether oxygens (including phenoxy) is 1. The van der Waals surface area contributed by atoms with Gasteiger partial charge in [-0.3, -0.25) is 18.9 Å². The summed E-state index contributed by atoms with van der Waals surface area (Å²) >= 11 is 0. The molecule has 21 heteroatoms. The zero-order valence-electron chi connectivity index (χ0n) is 16.9. The highest BCUT2D eigenvalue weighted by molar-refractivity contribution is 7.66. The number of H-pyrrole nitrogens is 1. The molecule has 1 aliphatic rings. The Bertz CT molecular complexity index is 1260. The van der Waals surface area contributed by atoms with Gasteiger partial charge in [0.15, 0.2) is 11.8 Å². The van der Waals surface area contributed by atoms with Crippen LogP contribution in [0.2, 0.25) is 0 Å². The number of phosphoric ester groups is 1. The Morgan fingerprint density at radius 1 is 1.21 bits per heavy atom. The Morgan fingerprint density at radius 2 is 1.79 bits per heavy atom. The second-order valence-corrected chi connectivity index (χ2v) is 11.0. The minimum Gasteiger partial charge on any atom is -0.386 e. The van der Waals surface area contributed by atoms with E-state index in [1.807, 2.05) is 0 Å². The SMILES string of the molecule is CC#CC1(O)[C@@H](O)[C@@H]([C@H](C)OP(=O)(O)OP(=O)(O)OP(=O)(O)O)O[C@H]1n1cc(F)c(=O)[nH]c1=O. The van der Waals surface area contributed by atoms with Crippen molar-refractivity contribution in [3.63, 3.8) is 0 Å². The van der Waals surface area contributed by atoms with E-state index in [1.165, 1.54) is 6.92 Å². The average molecular weight is 554 g/mol. The lowest BCUT2D eigenvalue weighted by atomic mass is 9.93. The summed E-state index contributed by atoms with van der Waals surface area (Å²) in [7, 11) is -17.2. The fourth-order valence-corrected chi connectivity index (χ4v) is 6.11. The molecule has 3 unspecified atom stereocenters. The quantitative estimate of drug-likeness (QED) is 0.141. The van der Waals surface area contributed by atoms with Gasteiger partial charge in [-0.1, -0.05) is 5.92 Å². The van der Waals surface area contributed by atoms with Crippen LogP contribution in [0.1, 0.15) is 20.1 Å². The fraction of sp³-hybridized carbons (Fsp3) is 0.538. The zero-order chi connectivity index (χ0) is 26.3. The van der Waals surface area contributed by atoms with Gasteiger partial charge in [-0.25, -0.2) is 18.5 Å². The lowest BCUT2D eigenvalue weighted by Gasteiger charge is -2.27. The molecule has 1 aromatic rings. The Hall–Kier alpha value is -1.54. The Balaban J connectivity index is 2.36. The highest BCUT2D eigenvalue weighted by Gasteiger charge is 2.58. The summed E-state index contributed by atoms with van der Waals surface area (Å²) in [5.41, 5.74) is -5.37. The molecule has 7 atom stereocenters. The van der Waals surface area contributed by atoms with Crippen molar-refractivity contribution >= 4 is 23.5 Å². The van der Waals surface area contributed by atoms with Gasteiger partial charge in [0.25, 0.3) is 5.56 Å². The molecule has 0 bridgehead atoms. The van der Waals surface area contributed by atoms with Gasteiger partial charge in [0.2, 0.25) is 5.82 Å². The summed E-state index contributed by atoms with van der Waals surface area (Å²) in [5, 5.41) is 21.4. The van der Waals surface area contributed by atoms with Gasteiger partial charge in [0, 0.05) is 0 Å². The molecule has 0 saturated carbocycles. The van der Waals surface area contributed by atoms with Crippen LogP contribution in [-0.2, 0) is 31.6 Å². The predicted molar refractivity (Wildman–Crippen MR) is 104 cm³/mol. The van der Waals surface area contributed by atoms with Crippen molar-refractivity contribution in [1.29, 1.82) is 0 Å². The minimum absolute atomic E-state index is 0.335. The molecule has 0 aromatic carbocycles. The van der Waals surface area contributed by atoms with Crippen LogP contribution in [0, 0.1) is 17.7 Å². The Morgan fingerprint density at radius 3 is 2.32 bits per heavy atom. The van der Waals surface area contributed by atoms with Crippen molar-refractivity contribution in [3.05, 3.63) is 32.9 Å². The summed E-state index contributed by atoms with van der Waals surface area (Å²) < 4.78 is 65.2. The van der Waals surface area contributed by atoms with E-state index in [2.05, 4.69) is 25.0 Å². The van der Waals surface area contributed by atoms with E-state index in [9.17, 15) is 47.7 Å². The van der Waals surface area contributed by atoms with Crippen LogP contribution in [0.15, 0.2) is 15.8 Å². The largest absolute Gasteiger partial charge is 0.490 e. The first-order valence-corrected chi connectivity index (χ1v) is 13.2. The van der Waals surface area contributed by atoms with Crippen LogP contribution < -0.4 is 11.2 Å². The highest BCUT2D eigenvalue weighted by atomic mass is 31.3. The molecule has 0 radical (unpaired) electrons. The van der Waals surface area contributed by atoms with Crippen LogP contribution in [0.25, 0.3) is 0 Å². The highest BCUT2D eigenvalue weighted by Crippen LogP contribution is 2.66. The van der Waals surface area contributed by atoms with Gasteiger partial charge < -0.3 is 34.5 Å². The van der Waals surface area contributed by atoms with Crippen molar-refractivity contribution in [2.45, 2.75) is 44.0 Å². The van der Waals surface area contributed by atoms with Crippen molar-refractivity contribution in [1.82, 2.24) is 9.55 Å². The van der Waals surface area contributed by atoms with E-state index in [0.29, 0.717) is 10.8 Å². The second kappa shape index (κ2) is 9.84. The van der Waals surface area contributed by atoms with E-state index in [1.54, 1.807) is 4.98 Å². The maximum Gasteiger partial charge on any atom is 0.490 e. The van der Waals surface area contributed by atoms with Crippen LogP contribution in [0.3, 0.4) is 0 Å². The number of phosphoric acid groups is 3. The van der Waals surface area contributed by atoms with Crippen molar-refractivity contribution in [2.24, 2.45) is 0 Å². The molecule has 2 heterocycles. The molecule has 17 nitrogen and oxygen atoms in total. The maximum absolute atomic E-state index is 13.7. The third kappa shape index (κ3) is 6.56. The first-order chi connectivity index (χ1) is 15.3. The summed E-state index contributed by atoms with van der Waals surface area (Å²) in [6.07, 6.45) is -7.50. The fourth-order valence-electron chi connectivity index (χ4n) is 2.91. The van der Waals surface area contributed by atoms with Crippen LogP contribution in [0.4, 0.5) is 4.39 Å². The van der Waals surface area contributed by atoms with Crippen LogP contribution >= 0.6 is 23.5 Å². The second-order valence-electron chi connectivity index (χ2n) is 6.64. The third-order valence-electron chi connectivity index (χ3n) is 4.10. The van der Waals surface area contributed by atoms with E-state index in [4.69, 9.17) is 14.5 Å². The number of nitrogens with zero attached hydrogens (tertiary/aromatic N) is 1. The molecule has 1 aliphatic heterocycles. The van der Waals surface area contributed by atoms with Crippen molar-refractivity contribution in [2.75, 3.05) is 0 Å². The smallest absolute Gasteiger partial charge is 0.386 e. The summed E-state index contributed by atoms with van der Waals surface area (Å²) in [5.74, 6) is 2.90. The number of hydrogen-bond donors (Lipinski definition) is 7. The first kappa shape index (κ1) is 28.7. The zero-order valence-corrected chi connectivity index (χ0v) is 19.6. The molecule has 1 aromatic heterocycles. The molecular weight excluding hydrogens is 536 g/mol. The monoisotopic (exact) mass is 554 g/mol. The molecule has 0 amide bonds. The molecule has 2 rings (SSSR count). The number of aromatic nitrogens is 2. The van der Waals surface area contributed by atoms with Gasteiger partial charge in [-0.15, -0.1) is 5.92 Å². The van der Waals surface area contributed by atoms with Crippen molar-refractivity contribution < 1.29 is 65.8 Å². The van der Waals surface area contributed by atoms with Gasteiger partial charge >= 0.3 is 29.2 Å². The van der Waals surface area contributed by atoms with E-state index >= 15 is 0 Å². The molecule has 0 aliphatic carbocycles. The van der Waals surface area contributed by atoms with E-state index in [-0.39, 0.29) is 0 Å². The first-order valence-electron chi connectivity index (χ1n) is 8.65. The van der Waals surface area contributed by atoms with Crippen LogP contribution in [-0.4, -0.2) is 63.3 Å². The van der Waals surface area contributed by atoms with Gasteiger partial charge in [0.1, 0.15) is 12.2 Å². The number of halogens is 1. The van der Waals surface area contributed by atoms with Gasteiger partial charge in [0.05, 0.1) is 12.3 Å². The normalized spacial score (nSPS) is 29.5. The average Bonchev–Trinajstić information content (AvgIpc) is 2.86. The van der Waals surface area contributed by atoms with E-state index < -0.39 is 70.7 Å². The van der Waals surface area contributed by atoms with Gasteiger partial charge in [-0.2, -0.15) is 13.0 Å². The Labute approximate surface area is 188 Å². The number of aliphatic hydroxyl groups is 2. The molecule has 1 fully saturated rings. The summed E-state index contributed by atoms with van der Waals surface area (Å²) in [6.45, 7) is 2.13. The van der Waals surface area contributed by atoms with E-state index in [0.717, 1.165) is 6.92 Å². The maximum atomic E-state index is 13.7. The lowest BCUT2D eigenvalue weighted by Crippen LogP contribution is -2.49. The van der Waals surface area contributed by atoms with Gasteiger partial charge in [-0.05, 0) is 13.8 Å². The predicted octanol–water partition coefficient (Wildman–Crippen LogP) is -1.58. The topological polar surface area (TPSA) is 264 Å². The summed E-state index contributed by atoms with van der Waals surface area (Å²) in [6, 6.07) is 0. The number of hydrogen-bond acceptors (Lipinski definition) is 11. The number of aromatic amines is 1. The molecule has 34 heavy (non-hydrogen) atoms. The Kier molecular flexibility index (Phi) is 8.31. The lowest BCUT2D eigenvalue weighted by molar-refractivity contribution is -0.0873. The molecule has 1 saturated heterocycles. The number of nitrogens with one attached hydrogen (secondary N) is 1. The van der Waals surface area contributed by atoms with Crippen molar-refractivity contribution in [3.8, 4) is 11.8 Å². The third-order valence-corrected chi connectivity index (χ3v) is 8.03.